The summed E-state index contributed by atoms with van der Waals surface area (Å²) in [5.41, 5.74) is 0.254. The number of rotatable bonds is 8. The Morgan fingerprint density at radius 3 is 2.44 bits per heavy atom. The summed E-state index contributed by atoms with van der Waals surface area (Å²) < 4.78 is 15.2. The van der Waals surface area contributed by atoms with Gasteiger partial charge >= 0.3 is 11.9 Å². The number of hydrogen-bond acceptors (Lipinski definition) is 6. The zero-order valence-corrected chi connectivity index (χ0v) is 15.5. The monoisotopic (exact) mass is 388 g/mol. The van der Waals surface area contributed by atoms with Crippen LogP contribution >= 0.6 is 23.2 Å². The van der Waals surface area contributed by atoms with Gasteiger partial charge in [-0.15, -0.1) is 0 Å². The van der Waals surface area contributed by atoms with Crippen LogP contribution in [0, 0.1) is 0 Å². The quantitative estimate of drug-likeness (QED) is 0.501. The Hall–Kier alpha value is -2.05. The van der Waals surface area contributed by atoms with Gasteiger partial charge in [-0.3, -0.25) is 4.79 Å². The van der Waals surface area contributed by atoms with Gasteiger partial charge in [0.2, 0.25) is 6.10 Å². The molecule has 0 N–H and O–H groups in total. The predicted octanol–water partition coefficient (Wildman–Crippen LogP) is 3.38. The maximum absolute atomic E-state index is 12.0. The molecule has 1 unspecified atom stereocenters. The minimum atomic E-state index is -1.32. The molecule has 0 radical (unpaired) electrons. The van der Waals surface area contributed by atoms with Crippen molar-refractivity contribution in [3.63, 3.8) is 0 Å². The van der Waals surface area contributed by atoms with E-state index in [-0.39, 0.29) is 28.7 Å². The third kappa shape index (κ3) is 7.15. The van der Waals surface area contributed by atoms with Crippen molar-refractivity contribution in [2.75, 3.05) is 13.2 Å². The highest BCUT2D eigenvalue weighted by Gasteiger charge is 2.26. The molecule has 0 fully saturated rings. The van der Waals surface area contributed by atoms with Gasteiger partial charge in [-0.2, -0.15) is 0 Å². The van der Waals surface area contributed by atoms with E-state index < -0.39 is 24.6 Å². The molecule has 0 spiro atoms. The van der Waals surface area contributed by atoms with Crippen molar-refractivity contribution in [3.8, 4) is 5.75 Å². The lowest BCUT2D eigenvalue weighted by Crippen LogP contribution is -2.32. The molecule has 0 aliphatic rings. The van der Waals surface area contributed by atoms with Crippen molar-refractivity contribution >= 4 is 40.9 Å². The Bertz CT molecular complexity index is 684. The second kappa shape index (κ2) is 10.1. The first kappa shape index (κ1) is 21.0. The van der Waals surface area contributed by atoms with Crippen molar-refractivity contribution in [2.24, 2.45) is 0 Å². The number of esters is 2. The molecule has 0 saturated carbocycles. The molecule has 1 aromatic carbocycles. The number of hydrogen-bond donors (Lipinski definition) is 0. The zero-order chi connectivity index (χ0) is 19.0. The van der Waals surface area contributed by atoms with Gasteiger partial charge in [0.25, 0.3) is 0 Å². The molecule has 0 aliphatic heterocycles. The Balaban J connectivity index is 2.77. The molecule has 0 saturated heterocycles. The number of ether oxygens (including phenoxy) is 3. The molecule has 8 heteroatoms. The van der Waals surface area contributed by atoms with Gasteiger partial charge in [0.1, 0.15) is 5.75 Å². The summed E-state index contributed by atoms with van der Waals surface area (Å²) in [6.07, 6.45) is -0.119. The topological polar surface area (TPSA) is 78.9 Å². The zero-order valence-electron chi connectivity index (χ0n) is 14.0. The van der Waals surface area contributed by atoms with Gasteiger partial charge in [0.15, 0.2) is 12.4 Å². The van der Waals surface area contributed by atoms with Crippen molar-refractivity contribution in [3.05, 3.63) is 39.9 Å². The molecule has 0 bridgehead atoms. The van der Waals surface area contributed by atoms with Gasteiger partial charge < -0.3 is 14.2 Å². The van der Waals surface area contributed by atoms with E-state index in [1.54, 1.807) is 13.0 Å². The lowest BCUT2D eigenvalue weighted by molar-refractivity contribution is -0.166. The fourth-order valence-electron chi connectivity index (χ4n) is 1.84. The maximum Gasteiger partial charge on any atom is 0.351 e. The standard InChI is InChI=1S/C17H18Cl2O6/c1-4-23-17(22)16(10(2)7-11(3)20)25-15(21)9-24-14-6-5-12(18)8-13(14)19/h5-8,16H,4,9H2,1-3H3. The van der Waals surface area contributed by atoms with Gasteiger partial charge in [0, 0.05) is 5.02 Å². The normalized spacial score (nSPS) is 12.3. The van der Waals surface area contributed by atoms with Crippen molar-refractivity contribution < 1.29 is 28.6 Å². The second-order valence-electron chi connectivity index (χ2n) is 4.98. The summed E-state index contributed by atoms with van der Waals surface area (Å²) in [5, 5.41) is 0.655. The van der Waals surface area contributed by atoms with Crippen LogP contribution < -0.4 is 4.74 Å². The number of allylic oxidation sites excluding steroid dienone is 1. The van der Waals surface area contributed by atoms with E-state index in [1.807, 2.05) is 0 Å². The summed E-state index contributed by atoms with van der Waals surface area (Å²) in [6, 6.07) is 4.52. The second-order valence-corrected chi connectivity index (χ2v) is 5.83. The first-order chi connectivity index (χ1) is 11.7. The van der Waals surface area contributed by atoms with Crippen molar-refractivity contribution in [1.82, 2.24) is 0 Å². The Morgan fingerprint density at radius 1 is 1.20 bits per heavy atom. The largest absolute Gasteiger partial charge is 0.480 e. The van der Waals surface area contributed by atoms with E-state index in [2.05, 4.69) is 0 Å². The minimum Gasteiger partial charge on any atom is -0.480 e. The summed E-state index contributed by atoms with van der Waals surface area (Å²) in [5.74, 6) is -1.63. The molecule has 0 amide bonds. The van der Waals surface area contributed by atoms with Crippen LogP contribution in [-0.2, 0) is 23.9 Å². The van der Waals surface area contributed by atoms with Gasteiger partial charge in [-0.25, -0.2) is 9.59 Å². The van der Waals surface area contributed by atoms with E-state index in [1.165, 1.54) is 32.1 Å². The average molecular weight is 389 g/mol. The molecule has 1 aromatic rings. The van der Waals surface area contributed by atoms with Crippen LogP contribution in [0.2, 0.25) is 10.0 Å². The highest BCUT2D eigenvalue weighted by molar-refractivity contribution is 6.35. The predicted molar refractivity (Wildman–Crippen MR) is 92.9 cm³/mol. The number of carbonyl (C=O) groups excluding carboxylic acids is 3. The number of carbonyl (C=O) groups is 3. The van der Waals surface area contributed by atoms with Crippen LogP contribution in [0.5, 0.6) is 5.75 Å². The molecule has 0 heterocycles. The molecule has 25 heavy (non-hydrogen) atoms. The molecule has 0 aliphatic carbocycles. The molecule has 0 aromatic heterocycles. The third-order valence-electron chi connectivity index (χ3n) is 2.83. The van der Waals surface area contributed by atoms with E-state index in [4.69, 9.17) is 37.4 Å². The van der Waals surface area contributed by atoms with Gasteiger partial charge in [-0.1, -0.05) is 23.2 Å². The number of benzene rings is 1. The van der Waals surface area contributed by atoms with Crippen molar-refractivity contribution in [1.29, 1.82) is 0 Å². The highest BCUT2D eigenvalue weighted by Crippen LogP contribution is 2.27. The Kier molecular flexibility index (Phi) is 8.45. The SMILES string of the molecule is CCOC(=O)C(OC(=O)COc1ccc(Cl)cc1Cl)C(C)=CC(C)=O. The summed E-state index contributed by atoms with van der Waals surface area (Å²) in [4.78, 5) is 35.1. The first-order valence-corrected chi connectivity index (χ1v) is 8.13. The summed E-state index contributed by atoms with van der Waals surface area (Å²) in [6.45, 7) is 4.06. The fourth-order valence-corrected chi connectivity index (χ4v) is 2.30. The average Bonchev–Trinajstić information content (AvgIpc) is 2.51. The minimum absolute atomic E-state index is 0.108. The third-order valence-corrected chi connectivity index (χ3v) is 3.36. The molecule has 1 atom stereocenters. The lowest BCUT2D eigenvalue weighted by Gasteiger charge is -2.17. The van der Waals surface area contributed by atoms with Crippen molar-refractivity contribution in [2.45, 2.75) is 26.9 Å². The van der Waals surface area contributed by atoms with Crippen LogP contribution in [0.4, 0.5) is 0 Å². The van der Waals surface area contributed by atoms with Gasteiger partial charge in [0.05, 0.1) is 11.6 Å². The molecular weight excluding hydrogens is 371 g/mol. The Labute approximate surface area is 155 Å². The molecular formula is C17H18Cl2O6. The van der Waals surface area contributed by atoms with Crippen LogP contribution in [-0.4, -0.2) is 37.0 Å². The first-order valence-electron chi connectivity index (χ1n) is 7.37. The number of ketones is 1. The molecule has 6 nitrogen and oxygen atoms in total. The van der Waals surface area contributed by atoms with Gasteiger partial charge in [-0.05, 0) is 50.6 Å². The summed E-state index contributed by atoms with van der Waals surface area (Å²) in [7, 11) is 0. The fraction of sp³-hybridized carbons (Fsp3) is 0.353. The van der Waals surface area contributed by atoms with E-state index in [0.29, 0.717) is 5.02 Å². The lowest BCUT2D eigenvalue weighted by atomic mass is 10.1. The summed E-state index contributed by atoms with van der Waals surface area (Å²) >= 11 is 11.7. The van der Waals surface area contributed by atoms with Crippen LogP contribution in [0.1, 0.15) is 20.8 Å². The van der Waals surface area contributed by atoms with E-state index >= 15 is 0 Å². The maximum atomic E-state index is 12.0. The van der Waals surface area contributed by atoms with Crippen LogP contribution in [0.15, 0.2) is 29.8 Å². The number of halogens is 2. The van der Waals surface area contributed by atoms with Crippen LogP contribution in [0.25, 0.3) is 0 Å². The molecule has 1 rings (SSSR count). The highest BCUT2D eigenvalue weighted by atomic mass is 35.5. The smallest absolute Gasteiger partial charge is 0.351 e. The molecule has 136 valence electrons. The van der Waals surface area contributed by atoms with E-state index in [9.17, 15) is 14.4 Å². The van der Waals surface area contributed by atoms with Crippen LogP contribution in [0.3, 0.4) is 0 Å². The van der Waals surface area contributed by atoms with E-state index in [0.717, 1.165) is 0 Å². The Morgan fingerprint density at radius 2 is 1.88 bits per heavy atom.